The average molecular weight is 737 g/mol. The summed E-state index contributed by atoms with van der Waals surface area (Å²) in [5.74, 6) is 1.44. The van der Waals surface area contributed by atoms with Crippen LogP contribution in [0.2, 0.25) is 0 Å². The largest absolute Gasteiger partial charge is 0.333 e. The summed E-state index contributed by atoms with van der Waals surface area (Å²) < 4.78 is 0. The summed E-state index contributed by atoms with van der Waals surface area (Å²) in [6, 6.07) is 42.6. The number of para-hydroxylation sites is 2. The Hall–Kier alpha value is -6.70. The lowest BCUT2D eigenvalue weighted by molar-refractivity contribution is 0.608. The van der Waals surface area contributed by atoms with Crippen molar-refractivity contribution in [1.29, 1.82) is 0 Å². The van der Waals surface area contributed by atoms with Crippen LogP contribution in [0.1, 0.15) is 44.6 Å². The first kappa shape index (κ1) is 34.8. The Morgan fingerprint density at radius 3 is 2.53 bits per heavy atom. The molecule has 0 spiro atoms. The molecule has 5 aromatic rings. The van der Waals surface area contributed by atoms with E-state index in [1.54, 1.807) is 0 Å². The van der Waals surface area contributed by atoms with Crippen LogP contribution in [0, 0.1) is 24.0 Å². The van der Waals surface area contributed by atoms with Gasteiger partial charge in [-0.2, -0.15) is 0 Å². The minimum absolute atomic E-state index is 0.151. The molecule has 4 nitrogen and oxygen atoms in total. The third kappa shape index (κ3) is 6.03. The third-order valence-corrected chi connectivity index (χ3v) is 11.9. The Kier molecular flexibility index (Phi) is 9.00. The number of rotatable bonds is 8. The van der Waals surface area contributed by atoms with Gasteiger partial charge in [-0.25, -0.2) is 9.97 Å². The van der Waals surface area contributed by atoms with E-state index in [1.165, 1.54) is 39.5 Å². The van der Waals surface area contributed by atoms with Gasteiger partial charge in [-0.1, -0.05) is 140 Å². The van der Waals surface area contributed by atoms with Gasteiger partial charge in [0, 0.05) is 51.7 Å². The highest BCUT2D eigenvalue weighted by molar-refractivity contribution is 5.83. The van der Waals surface area contributed by atoms with Crippen LogP contribution in [0.25, 0.3) is 33.9 Å². The lowest BCUT2D eigenvalue weighted by Gasteiger charge is -2.35. The van der Waals surface area contributed by atoms with Crippen LogP contribution < -0.4 is 9.80 Å². The Labute approximate surface area is 336 Å². The van der Waals surface area contributed by atoms with Crippen LogP contribution >= 0.6 is 0 Å². The summed E-state index contributed by atoms with van der Waals surface area (Å²) in [4.78, 5) is 15.4. The van der Waals surface area contributed by atoms with E-state index in [-0.39, 0.29) is 23.8 Å². The van der Waals surface area contributed by atoms with Gasteiger partial charge in [-0.3, -0.25) is 0 Å². The summed E-state index contributed by atoms with van der Waals surface area (Å²) >= 11 is 0. The maximum atomic E-state index is 5.25. The fourth-order valence-corrected chi connectivity index (χ4v) is 9.54. The molecule has 0 fully saturated rings. The van der Waals surface area contributed by atoms with Gasteiger partial charge >= 0.3 is 0 Å². The van der Waals surface area contributed by atoms with Crippen molar-refractivity contribution >= 4 is 11.4 Å². The van der Waals surface area contributed by atoms with E-state index in [4.69, 9.17) is 9.97 Å². The molecule has 0 N–H and O–H groups in total. The molecule has 3 heterocycles. The number of fused-ring (bicyclic) bond motifs is 5. The molecule has 3 aliphatic carbocycles. The van der Waals surface area contributed by atoms with Gasteiger partial charge in [0.15, 0.2) is 5.82 Å². The number of nitrogens with zero attached hydrogens (tertiary/aromatic N) is 4. The highest BCUT2D eigenvalue weighted by atomic mass is 15.2. The summed E-state index contributed by atoms with van der Waals surface area (Å²) in [6.07, 6.45) is 29.1. The molecule has 4 unspecified atom stereocenters. The molecule has 4 atom stereocenters. The Balaban J connectivity index is 1.05. The fraction of sp³-hybridized carbons (Fsp3) is 0.170. The van der Waals surface area contributed by atoms with Crippen molar-refractivity contribution in [2.45, 2.75) is 45.1 Å². The number of hydrogen-bond acceptors (Lipinski definition) is 4. The fourth-order valence-electron chi connectivity index (χ4n) is 9.54. The van der Waals surface area contributed by atoms with Crippen molar-refractivity contribution in [2.75, 3.05) is 9.80 Å². The van der Waals surface area contributed by atoms with Crippen LogP contribution in [-0.2, 0) is 0 Å². The smallest absolute Gasteiger partial charge is 0.160 e. The molecule has 5 aliphatic rings. The quantitative estimate of drug-likeness (QED) is 0.149. The molecular weight excluding hydrogens is 693 g/mol. The SMILES string of the molecule is C/C=C\C(=C\CC)N1C2=CC=CC(C3=CC4C5=C(C=CCC5)N(c5ccccc5-c5cc(-c6c#cccc6)nc(-c6ccccc6)n5)C4C=C3)C2c2ccccc21. The van der Waals surface area contributed by atoms with Gasteiger partial charge in [0.05, 0.1) is 28.7 Å². The van der Waals surface area contributed by atoms with Crippen molar-refractivity contribution in [2.24, 2.45) is 11.8 Å². The van der Waals surface area contributed by atoms with Crippen molar-refractivity contribution in [3.8, 4) is 33.9 Å². The maximum Gasteiger partial charge on any atom is 0.160 e. The average Bonchev–Trinajstić information content (AvgIpc) is 3.79. The van der Waals surface area contributed by atoms with E-state index < -0.39 is 0 Å². The number of anilines is 2. The topological polar surface area (TPSA) is 32.3 Å². The third-order valence-electron chi connectivity index (χ3n) is 11.9. The minimum Gasteiger partial charge on any atom is -0.333 e. The van der Waals surface area contributed by atoms with E-state index in [9.17, 15) is 0 Å². The number of benzene rings is 3. The number of allylic oxidation sites excluding steroid dienone is 11. The number of hydrogen-bond donors (Lipinski definition) is 0. The van der Waals surface area contributed by atoms with Crippen LogP contribution in [0.3, 0.4) is 0 Å². The standard InChI is InChI=1S/C53H44N4/c1-3-18-39(19-4-2)56-49-30-16-13-26-43(49)52-40(27-17-31-51(52)56)38-32-33-50-44(34-38)41-24-11-14-28-47(41)57(50)48-29-15-12-25-42(48)46-35-45(36-20-7-5-8-21-36)54-53(55-46)37-22-9-6-10-23-37/h3,5-7,9-10,12-20,22-23,25-35,40,44,50,52H,4,11,24H2,1-2H3/b18-3-,39-19-. The summed E-state index contributed by atoms with van der Waals surface area (Å²) in [7, 11) is 0. The van der Waals surface area contributed by atoms with E-state index in [1.807, 2.05) is 36.4 Å². The molecule has 4 aromatic carbocycles. The first-order valence-corrected chi connectivity index (χ1v) is 20.3. The molecule has 276 valence electrons. The molecule has 4 heteroatoms. The second-order valence-corrected chi connectivity index (χ2v) is 15.2. The molecular formula is C53H44N4. The maximum absolute atomic E-state index is 5.25. The van der Waals surface area contributed by atoms with Gasteiger partial charge in [-0.15, -0.1) is 0 Å². The summed E-state index contributed by atoms with van der Waals surface area (Å²) in [5.41, 5.74) is 15.3. The lowest BCUT2D eigenvalue weighted by atomic mass is 9.74. The van der Waals surface area contributed by atoms with Crippen LogP contribution in [0.15, 0.2) is 198 Å². The van der Waals surface area contributed by atoms with E-state index in [0.29, 0.717) is 5.82 Å². The monoisotopic (exact) mass is 736 g/mol. The van der Waals surface area contributed by atoms with Gasteiger partial charge in [0.25, 0.3) is 0 Å². The van der Waals surface area contributed by atoms with Gasteiger partial charge in [0.2, 0.25) is 0 Å². The number of aromatic nitrogens is 2. The predicted octanol–water partition coefficient (Wildman–Crippen LogP) is 12.5. The zero-order valence-electron chi connectivity index (χ0n) is 32.4. The van der Waals surface area contributed by atoms with Crippen molar-refractivity contribution in [3.05, 3.63) is 216 Å². The molecule has 0 saturated heterocycles. The lowest BCUT2D eigenvalue weighted by Crippen LogP contribution is -2.34. The Morgan fingerprint density at radius 1 is 0.860 bits per heavy atom. The zero-order chi connectivity index (χ0) is 38.3. The van der Waals surface area contributed by atoms with Crippen LogP contribution in [0.5, 0.6) is 0 Å². The van der Waals surface area contributed by atoms with E-state index in [2.05, 4.69) is 169 Å². The minimum atomic E-state index is 0.151. The Bertz CT molecular complexity index is 2540. The molecule has 1 aromatic heterocycles. The molecule has 10 rings (SSSR count). The molecule has 2 aliphatic heterocycles. The first-order chi connectivity index (χ1) is 28.2. The highest BCUT2D eigenvalue weighted by Gasteiger charge is 2.44. The molecule has 0 amide bonds. The normalized spacial score (nSPS) is 21.9. The van der Waals surface area contributed by atoms with Gasteiger partial charge in [0.1, 0.15) is 0 Å². The Morgan fingerprint density at radius 2 is 1.68 bits per heavy atom. The molecule has 0 radical (unpaired) electrons. The highest BCUT2D eigenvalue weighted by Crippen LogP contribution is 2.55. The second kappa shape index (κ2) is 14.8. The first-order valence-electron chi connectivity index (χ1n) is 20.3. The zero-order valence-corrected chi connectivity index (χ0v) is 32.4. The molecule has 0 bridgehead atoms. The predicted molar refractivity (Wildman–Crippen MR) is 234 cm³/mol. The van der Waals surface area contributed by atoms with Crippen LogP contribution in [0.4, 0.5) is 11.4 Å². The van der Waals surface area contributed by atoms with Crippen molar-refractivity contribution in [1.82, 2.24) is 9.97 Å². The van der Waals surface area contributed by atoms with Crippen LogP contribution in [-0.4, -0.2) is 16.0 Å². The summed E-state index contributed by atoms with van der Waals surface area (Å²) in [6.45, 7) is 4.33. The molecule has 0 saturated carbocycles. The van der Waals surface area contributed by atoms with Gasteiger partial charge in [-0.05, 0) is 91.5 Å². The molecule has 57 heavy (non-hydrogen) atoms. The van der Waals surface area contributed by atoms with Crippen molar-refractivity contribution < 1.29 is 0 Å². The van der Waals surface area contributed by atoms with Crippen molar-refractivity contribution in [3.63, 3.8) is 0 Å². The van der Waals surface area contributed by atoms with Gasteiger partial charge < -0.3 is 9.80 Å². The van der Waals surface area contributed by atoms with E-state index >= 15 is 0 Å². The summed E-state index contributed by atoms with van der Waals surface area (Å²) in [5, 5.41) is 0. The second-order valence-electron chi connectivity index (χ2n) is 15.2. The van der Waals surface area contributed by atoms with E-state index in [0.717, 1.165) is 53.0 Å².